The molecule has 0 radical (unpaired) electrons. The number of benzene rings is 2. The van der Waals surface area contributed by atoms with E-state index < -0.39 is 0 Å². The van der Waals surface area contributed by atoms with E-state index in [0.717, 1.165) is 26.1 Å². The van der Waals surface area contributed by atoms with E-state index in [1.54, 1.807) is 0 Å². The van der Waals surface area contributed by atoms with Crippen molar-refractivity contribution in [3.05, 3.63) is 76.5 Å². The Morgan fingerprint density at radius 1 is 0.968 bits per heavy atom. The zero-order valence-electron chi connectivity index (χ0n) is 18.9. The number of rotatable bonds is 4. The Hall–Kier alpha value is -2.59. The van der Waals surface area contributed by atoms with Crippen LogP contribution in [0.1, 0.15) is 66.1 Å². The smallest absolute Gasteiger partial charge is 0.133 e. The molecule has 3 aromatic rings. The van der Waals surface area contributed by atoms with Gasteiger partial charge in [-0.3, -0.25) is 4.90 Å². The van der Waals surface area contributed by atoms with Gasteiger partial charge in [0.1, 0.15) is 5.82 Å². The van der Waals surface area contributed by atoms with Crippen LogP contribution in [0.25, 0.3) is 5.69 Å². The molecule has 31 heavy (non-hydrogen) atoms. The third-order valence-electron chi connectivity index (χ3n) is 7.12. The topological polar surface area (TPSA) is 33.1 Å². The van der Waals surface area contributed by atoms with E-state index in [0.29, 0.717) is 6.04 Å². The predicted molar refractivity (Wildman–Crippen MR) is 128 cm³/mol. The van der Waals surface area contributed by atoms with E-state index in [2.05, 4.69) is 77.3 Å². The maximum absolute atomic E-state index is 5.33. The fourth-order valence-electron chi connectivity index (χ4n) is 5.24. The predicted octanol–water partition coefficient (Wildman–Crippen LogP) is 5.96. The van der Waals surface area contributed by atoms with Crippen LogP contribution in [0.4, 0.5) is 5.82 Å². The molecule has 2 aliphatic heterocycles. The average molecular weight is 415 g/mol. The second-order valence-corrected chi connectivity index (χ2v) is 9.19. The van der Waals surface area contributed by atoms with Gasteiger partial charge in [-0.15, -0.1) is 0 Å². The molecule has 4 heteroatoms. The third-order valence-corrected chi connectivity index (χ3v) is 7.12. The number of anilines is 1. The number of likely N-dealkylation sites (tertiary alicyclic amines) is 1. The van der Waals surface area contributed by atoms with Crippen LogP contribution in [0, 0.1) is 13.8 Å². The van der Waals surface area contributed by atoms with Gasteiger partial charge < -0.3 is 5.32 Å². The maximum atomic E-state index is 5.33. The SMILES string of the molecule is Cc1cccc(-n2nc(C3CCCCN3Cc3ccccc3)c3c2NCCCC3)c1C. The number of hydrogen-bond donors (Lipinski definition) is 1. The van der Waals surface area contributed by atoms with E-state index in [9.17, 15) is 0 Å². The molecule has 1 atom stereocenters. The first-order valence-corrected chi connectivity index (χ1v) is 11.9. The molecule has 2 aliphatic rings. The van der Waals surface area contributed by atoms with E-state index in [-0.39, 0.29) is 0 Å². The first kappa shape index (κ1) is 20.3. The second-order valence-electron chi connectivity index (χ2n) is 9.19. The summed E-state index contributed by atoms with van der Waals surface area (Å²) in [6.07, 6.45) is 7.34. The highest BCUT2D eigenvalue weighted by Crippen LogP contribution is 2.38. The Morgan fingerprint density at radius 2 is 1.84 bits per heavy atom. The molecule has 3 heterocycles. The molecule has 0 saturated carbocycles. The van der Waals surface area contributed by atoms with Crippen LogP contribution >= 0.6 is 0 Å². The monoisotopic (exact) mass is 414 g/mol. The number of aromatic nitrogens is 2. The number of hydrogen-bond acceptors (Lipinski definition) is 3. The molecule has 1 aromatic heterocycles. The fraction of sp³-hybridized carbons (Fsp3) is 0.444. The summed E-state index contributed by atoms with van der Waals surface area (Å²) < 4.78 is 2.22. The Bertz CT molecular complexity index is 1040. The van der Waals surface area contributed by atoms with Crippen molar-refractivity contribution in [3.8, 4) is 5.69 Å². The van der Waals surface area contributed by atoms with Crippen molar-refractivity contribution in [2.75, 3.05) is 18.4 Å². The zero-order chi connectivity index (χ0) is 21.2. The van der Waals surface area contributed by atoms with Gasteiger partial charge in [0.2, 0.25) is 0 Å². The summed E-state index contributed by atoms with van der Waals surface area (Å²) in [5, 5.41) is 9.08. The lowest BCUT2D eigenvalue weighted by atomic mass is 9.94. The highest BCUT2D eigenvalue weighted by atomic mass is 15.4. The van der Waals surface area contributed by atoms with Crippen LogP contribution in [0.2, 0.25) is 0 Å². The average Bonchev–Trinajstić information content (AvgIpc) is 2.97. The lowest BCUT2D eigenvalue weighted by Crippen LogP contribution is -2.33. The van der Waals surface area contributed by atoms with Gasteiger partial charge in [0, 0.05) is 18.7 Å². The van der Waals surface area contributed by atoms with Gasteiger partial charge in [-0.2, -0.15) is 5.10 Å². The van der Waals surface area contributed by atoms with Crippen LogP contribution in [0.3, 0.4) is 0 Å². The first-order valence-electron chi connectivity index (χ1n) is 11.9. The van der Waals surface area contributed by atoms with Crippen molar-refractivity contribution in [1.82, 2.24) is 14.7 Å². The van der Waals surface area contributed by atoms with Gasteiger partial charge in [-0.25, -0.2) is 4.68 Å². The van der Waals surface area contributed by atoms with Crippen LogP contribution in [0.5, 0.6) is 0 Å². The number of nitrogens with one attached hydrogen (secondary N) is 1. The summed E-state index contributed by atoms with van der Waals surface area (Å²) >= 11 is 0. The summed E-state index contributed by atoms with van der Waals surface area (Å²) in [7, 11) is 0. The molecule has 2 aromatic carbocycles. The highest BCUT2D eigenvalue weighted by Gasteiger charge is 2.31. The van der Waals surface area contributed by atoms with Gasteiger partial charge in [0.25, 0.3) is 0 Å². The standard InChI is InChI=1S/C27H34N4/c1-20-11-10-16-24(21(20)2)31-27-23(14-6-8-17-28-27)26(29-31)25-15-7-9-18-30(25)19-22-12-4-3-5-13-22/h3-5,10-13,16,25,28H,6-9,14-15,17-19H2,1-2H3. The van der Waals surface area contributed by atoms with Crippen LogP contribution < -0.4 is 5.32 Å². The molecule has 0 amide bonds. The maximum Gasteiger partial charge on any atom is 0.133 e. The molecule has 1 unspecified atom stereocenters. The molecule has 0 spiro atoms. The molecule has 1 N–H and O–H groups in total. The minimum absolute atomic E-state index is 0.397. The molecular formula is C27H34N4. The van der Waals surface area contributed by atoms with Crippen LogP contribution in [-0.2, 0) is 13.0 Å². The summed E-state index contributed by atoms with van der Waals surface area (Å²) in [5.74, 6) is 1.23. The van der Waals surface area contributed by atoms with Crippen molar-refractivity contribution in [3.63, 3.8) is 0 Å². The summed E-state index contributed by atoms with van der Waals surface area (Å²) in [6, 6.07) is 17.9. The third kappa shape index (κ3) is 4.01. The van der Waals surface area contributed by atoms with Crippen LogP contribution in [-0.4, -0.2) is 27.8 Å². The minimum atomic E-state index is 0.397. The second kappa shape index (κ2) is 8.88. The van der Waals surface area contributed by atoms with E-state index in [1.165, 1.54) is 71.6 Å². The Kier molecular flexibility index (Phi) is 5.82. The summed E-state index contributed by atoms with van der Waals surface area (Å²) in [6.45, 7) is 7.60. The minimum Gasteiger partial charge on any atom is -0.370 e. The van der Waals surface area contributed by atoms with Gasteiger partial charge in [0.15, 0.2) is 0 Å². The summed E-state index contributed by atoms with van der Waals surface area (Å²) in [4.78, 5) is 2.67. The van der Waals surface area contributed by atoms with Crippen molar-refractivity contribution in [1.29, 1.82) is 0 Å². The summed E-state index contributed by atoms with van der Waals surface area (Å²) in [5.41, 5.74) is 8.00. The first-order chi connectivity index (χ1) is 15.2. The molecule has 1 saturated heterocycles. The van der Waals surface area contributed by atoms with Crippen molar-refractivity contribution < 1.29 is 0 Å². The molecule has 0 bridgehead atoms. The molecule has 4 nitrogen and oxygen atoms in total. The number of aryl methyl sites for hydroxylation is 1. The molecule has 162 valence electrons. The molecule has 5 rings (SSSR count). The van der Waals surface area contributed by atoms with E-state index in [4.69, 9.17) is 5.10 Å². The van der Waals surface area contributed by atoms with Gasteiger partial charge in [-0.1, -0.05) is 48.9 Å². The Morgan fingerprint density at radius 3 is 2.71 bits per heavy atom. The van der Waals surface area contributed by atoms with Crippen molar-refractivity contribution in [2.24, 2.45) is 0 Å². The Balaban J connectivity index is 1.57. The fourth-order valence-corrected chi connectivity index (χ4v) is 5.24. The lowest BCUT2D eigenvalue weighted by molar-refractivity contribution is 0.136. The molecular weight excluding hydrogens is 380 g/mol. The quantitative estimate of drug-likeness (QED) is 0.571. The number of nitrogens with zero attached hydrogens (tertiary/aromatic N) is 3. The Labute approximate surface area is 186 Å². The van der Waals surface area contributed by atoms with Gasteiger partial charge in [0.05, 0.1) is 17.4 Å². The van der Waals surface area contributed by atoms with Gasteiger partial charge in [-0.05, 0) is 75.3 Å². The normalized spacial score (nSPS) is 19.5. The lowest BCUT2D eigenvalue weighted by Gasteiger charge is -2.35. The van der Waals surface area contributed by atoms with Crippen molar-refractivity contribution >= 4 is 5.82 Å². The molecule has 0 aliphatic carbocycles. The van der Waals surface area contributed by atoms with Gasteiger partial charge >= 0.3 is 0 Å². The largest absolute Gasteiger partial charge is 0.370 e. The zero-order valence-corrected chi connectivity index (χ0v) is 18.9. The van der Waals surface area contributed by atoms with E-state index in [1.807, 2.05) is 0 Å². The number of piperidine rings is 1. The van der Waals surface area contributed by atoms with E-state index >= 15 is 0 Å². The van der Waals surface area contributed by atoms with Crippen molar-refractivity contribution in [2.45, 2.75) is 65.0 Å². The van der Waals surface area contributed by atoms with Crippen LogP contribution in [0.15, 0.2) is 48.5 Å². The number of fused-ring (bicyclic) bond motifs is 1. The highest BCUT2D eigenvalue weighted by molar-refractivity contribution is 5.57. The molecule has 1 fully saturated rings.